The molecular formula is C17H15ClF3NO4S. The lowest BCUT2D eigenvalue weighted by Gasteiger charge is -2.20. The van der Waals surface area contributed by atoms with Crippen LogP contribution >= 0.6 is 11.6 Å². The van der Waals surface area contributed by atoms with Crippen molar-refractivity contribution < 1.29 is 31.1 Å². The number of alkyl halides is 3. The Morgan fingerprint density at radius 1 is 1.19 bits per heavy atom. The smallest absolute Gasteiger partial charge is 0.405 e. The van der Waals surface area contributed by atoms with Gasteiger partial charge in [-0.1, -0.05) is 29.8 Å². The zero-order valence-electron chi connectivity index (χ0n) is 14.2. The minimum absolute atomic E-state index is 0.0269. The van der Waals surface area contributed by atoms with Crippen LogP contribution in [0.4, 0.5) is 13.2 Å². The van der Waals surface area contributed by atoms with Gasteiger partial charge in [-0.05, 0) is 24.3 Å². The molecule has 5 nitrogen and oxygen atoms in total. The third-order valence-electron chi connectivity index (χ3n) is 3.55. The molecule has 0 unspecified atom stereocenters. The predicted octanol–water partition coefficient (Wildman–Crippen LogP) is 3.91. The molecule has 0 fully saturated rings. The fourth-order valence-corrected chi connectivity index (χ4v) is 3.14. The number of amides is 1. The SMILES string of the molecule is CN(Cc1ccccc1OC(F)(F)F)C(=O)c1cc(S(C)(=O)=O)ccc1Cl. The molecule has 27 heavy (non-hydrogen) atoms. The molecule has 0 aliphatic rings. The highest BCUT2D eigenvalue weighted by Crippen LogP contribution is 2.28. The molecule has 0 aliphatic heterocycles. The molecule has 0 aromatic heterocycles. The van der Waals surface area contributed by atoms with Gasteiger partial charge in [0.25, 0.3) is 5.91 Å². The number of ether oxygens (including phenoxy) is 1. The third-order valence-corrected chi connectivity index (χ3v) is 4.99. The molecule has 2 aromatic rings. The highest BCUT2D eigenvalue weighted by atomic mass is 35.5. The van der Waals surface area contributed by atoms with Crippen molar-refractivity contribution in [2.24, 2.45) is 0 Å². The van der Waals surface area contributed by atoms with Gasteiger partial charge >= 0.3 is 6.36 Å². The third kappa shape index (κ3) is 5.61. The van der Waals surface area contributed by atoms with E-state index in [1.165, 1.54) is 37.4 Å². The Bertz CT molecular complexity index is 961. The number of benzene rings is 2. The Hall–Kier alpha value is -2.26. The van der Waals surface area contributed by atoms with Crippen LogP contribution < -0.4 is 4.74 Å². The topological polar surface area (TPSA) is 63.7 Å². The zero-order valence-corrected chi connectivity index (χ0v) is 15.8. The molecule has 146 valence electrons. The molecule has 2 rings (SSSR count). The number of hydrogen-bond acceptors (Lipinski definition) is 4. The summed E-state index contributed by atoms with van der Waals surface area (Å²) in [6.45, 7) is -0.204. The van der Waals surface area contributed by atoms with E-state index in [-0.39, 0.29) is 27.6 Å². The molecule has 0 heterocycles. The molecule has 1 amide bonds. The van der Waals surface area contributed by atoms with Crippen molar-refractivity contribution in [3.8, 4) is 5.75 Å². The van der Waals surface area contributed by atoms with E-state index in [9.17, 15) is 26.4 Å². The van der Waals surface area contributed by atoms with E-state index in [2.05, 4.69) is 4.74 Å². The first-order valence-electron chi connectivity index (χ1n) is 7.47. The Balaban J connectivity index is 2.30. The fraction of sp³-hybridized carbons (Fsp3) is 0.235. The normalized spacial score (nSPS) is 11.9. The van der Waals surface area contributed by atoms with Crippen molar-refractivity contribution >= 4 is 27.3 Å². The van der Waals surface area contributed by atoms with Gasteiger partial charge in [0.05, 0.1) is 15.5 Å². The number of rotatable bonds is 5. The summed E-state index contributed by atoms with van der Waals surface area (Å²) in [6, 6.07) is 9.08. The van der Waals surface area contributed by atoms with Crippen molar-refractivity contribution in [3.63, 3.8) is 0 Å². The summed E-state index contributed by atoms with van der Waals surface area (Å²) in [5.41, 5.74) is 0.0531. The standard InChI is InChI=1S/C17H15ClF3NO4S/c1-22(10-11-5-3-4-6-15(11)26-17(19,20)21)16(23)13-9-12(27(2,24)25)7-8-14(13)18/h3-9H,10H2,1-2H3. The van der Waals surface area contributed by atoms with Gasteiger partial charge in [0.1, 0.15) is 5.75 Å². The van der Waals surface area contributed by atoms with Gasteiger partial charge in [-0.15, -0.1) is 13.2 Å². The highest BCUT2D eigenvalue weighted by molar-refractivity contribution is 7.90. The van der Waals surface area contributed by atoms with E-state index in [1.807, 2.05) is 0 Å². The van der Waals surface area contributed by atoms with Crippen LogP contribution in [0.3, 0.4) is 0 Å². The van der Waals surface area contributed by atoms with Crippen molar-refractivity contribution in [2.45, 2.75) is 17.8 Å². The van der Waals surface area contributed by atoms with Crippen molar-refractivity contribution in [2.75, 3.05) is 13.3 Å². The van der Waals surface area contributed by atoms with E-state index in [4.69, 9.17) is 11.6 Å². The Morgan fingerprint density at radius 3 is 2.41 bits per heavy atom. The molecule has 0 saturated carbocycles. The minimum Gasteiger partial charge on any atom is -0.405 e. The number of carbonyl (C=O) groups is 1. The molecule has 0 spiro atoms. The summed E-state index contributed by atoms with van der Waals surface area (Å²) in [5, 5.41) is 0.0269. The molecule has 0 aliphatic carbocycles. The quantitative estimate of drug-likeness (QED) is 0.734. The summed E-state index contributed by atoms with van der Waals surface area (Å²) >= 11 is 5.99. The van der Waals surface area contributed by atoms with Crippen LogP contribution in [0.2, 0.25) is 5.02 Å². The second-order valence-corrected chi connectivity index (χ2v) is 8.15. The second-order valence-electron chi connectivity index (χ2n) is 5.73. The maximum atomic E-state index is 12.6. The Morgan fingerprint density at radius 2 is 1.81 bits per heavy atom. The highest BCUT2D eigenvalue weighted by Gasteiger charge is 2.32. The summed E-state index contributed by atoms with van der Waals surface area (Å²) in [4.78, 5) is 13.7. The van der Waals surface area contributed by atoms with E-state index in [0.717, 1.165) is 23.3 Å². The van der Waals surface area contributed by atoms with Gasteiger partial charge in [-0.25, -0.2) is 8.42 Å². The molecule has 2 aromatic carbocycles. The Labute approximate surface area is 159 Å². The number of hydrogen-bond donors (Lipinski definition) is 0. The molecular weight excluding hydrogens is 407 g/mol. The van der Waals surface area contributed by atoms with E-state index < -0.39 is 27.9 Å². The average molecular weight is 422 g/mol. The molecule has 0 radical (unpaired) electrons. The van der Waals surface area contributed by atoms with Crippen LogP contribution in [0.1, 0.15) is 15.9 Å². The summed E-state index contributed by atoms with van der Waals surface area (Å²) in [6.07, 6.45) is -3.88. The molecule has 0 atom stereocenters. The molecule has 0 bridgehead atoms. The fourth-order valence-electron chi connectivity index (χ4n) is 2.29. The maximum absolute atomic E-state index is 12.6. The van der Waals surface area contributed by atoms with Crippen LogP contribution in [0.5, 0.6) is 5.75 Å². The van der Waals surface area contributed by atoms with E-state index in [1.54, 1.807) is 0 Å². The van der Waals surface area contributed by atoms with Crippen LogP contribution in [0.25, 0.3) is 0 Å². The van der Waals surface area contributed by atoms with E-state index in [0.29, 0.717) is 0 Å². The van der Waals surface area contributed by atoms with Gasteiger partial charge < -0.3 is 9.64 Å². The summed E-state index contributed by atoms with van der Waals surface area (Å²) < 4.78 is 64.8. The minimum atomic E-state index is -4.87. The first-order valence-corrected chi connectivity index (χ1v) is 9.74. The molecule has 0 saturated heterocycles. The number of para-hydroxylation sites is 1. The summed E-state index contributed by atoms with van der Waals surface area (Å²) in [7, 11) is -2.20. The summed E-state index contributed by atoms with van der Waals surface area (Å²) in [5.74, 6) is -1.08. The van der Waals surface area contributed by atoms with Crippen LogP contribution in [0, 0.1) is 0 Å². The number of sulfone groups is 1. The predicted molar refractivity (Wildman–Crippen MR) is 93.5 cm³/mol. The average Bonchev–Trinajstić information content (AvgIpc) is 2.54. The van der Waals surface area contributed by atoms with Crippen LogP contribution in [-0.2, 0) is 16.4 Å². The lowest BCUT2D eigenvalue weighted by atomic mass is 10.1. The van der Waals surface area contributed by atoms with Gasteiger partial charge in [0.15, 0.2) is 9.84 Å². The number of halogens is 4. The second kappa shape index (κ2) is 7.77. The van der Waals surface area contributed by atoms with Crippen molar-refractivity contribution in [3.05, 3.63) is 58.6 Å². The number of nitrogens with zero attached hydrogens (tertiary/aromatic N) is 1. The lowest BCUT2D eigenvalue weighted by molar-refractivity contribution is -0.275. The van der Waals surface area contributed by atoms with E-state index >= 15 is 0 Å². The van der Waals surface area contributed by atoms with Gasteiger partial charge in [0, 0.05) is 25.4 Å². The first kappa shape index (κ1) is 21.0. The van der Waals surface area contributed by atoms with Crippen LogP contribution in [0.15, 0.2) is 47.4 Å². The maximum Gasteiger partial charge on any atom is 0.573 e. The van der Waals surface area contributed by atoms with Gasteiger partial charge in [-0.2, -0.15) is 0 Å². The van der Waals surface area contributed by atoms with Crippen molar-refractivity contribution in [1.82, 2.24) is 4.90 Å². The van der Waals surface area contributed by atoms with Gasteiger partial charge in [-0.3, -0.25) is 4.79 Å². The monoisotopic (exact) mass is 421 g/mol. The zero-order chi connectivity index (χ0) is 20.4. The lowest BCUT2D eigenvalue weighted by Crippen LogP contribution is -2.27. The molecule has 0 N–H and O–H groups in total. The molecule has 10 heteroatoms. The largest absolute Gasteiger partial charge is 0.573 e. The van der Waals surface area contributed by atoms with Crippen molar-refractivity contribution in [1.29, 1.82) is 0 Å². The first-order chi connectivity index (χ1) is 12.4. The number of carbonyl (C=O) groups excluding carboxylic acids is 1. The Kier molecular flexibility index (Phi) is 6.06. The van der Waals surface area contributed by atoms with Crippen LogP contribution in [-0.4, -0.2) is 38.9 Å². The van der Waals surface area contributed by atoms with Gasteiger partial charge in [0.2, 0.25) is 0 Å².